The van der Waals surface area contributed by atoms with Crippen LogP contribution in [0.2, 0.25) is 10.0 Å². The second-order valence-electron chi connectivity index (χ2n) is 4.48. The van der Waals surface area contributed by atoms with Gasteiger partial charge < -0.3 is 15.4 Å². The van der Waals surface area contributed by atoms with Gasteiger partial charge in [0.2, 0.25) is 0 Å². The van der Waals surface area contributed by atoms with Crippen molar-refractivity contribution in [3.63, 3.8) is 0 Å². The van der Waals surface area contributed by atoms with Crippen LogP contribution in [0.25, 0.3) is 0 Å². The third kappa shape index (κ3) is 3.31. The lowest BCUT2D eigenvalue weighted by Gasteiger charge is -2.28. The molecule has 1 aliphatic heterocycles. The first-order valence-electron chi connectivity index (χ1n) is 6.34. The normalized spacial score (nSPS) is 18.1. The molecule has 21 heavy (non-hydrogen) atoms. The zero-order valence-corrected chi connectivity index (χ0v) is 13.0. The van der Waals surface area contributed by atoms with Gasteiger partial charge in [0, 0.05) is 10.0 Å². The Kier molecular flexibility index (Phi) is 4.75. The lowest BCUT2D eigenvalue weighted by atomic mass is 9.96. The average Bonchev–Trinajstić information content (AvgIpc) is 2.41. The fourth-order valence-corrected chi connectivity index (χ4v) is 2.61. The molecule has 0 spiro atoms. The Hall–Kier alpha value is -1.72. The van der Waals surface area contributed by atoms with E-state index in [0.717, 1.165) is 0 Å². The van der Waals surface area contributed by atoms with Crippen molar-refractivity contribution in [2.45, 2.75) is 19.9 Å². The zero-order valence-electron chi connectivity index (χ0n) is 11.5. The smallest absolute Gasteiger partial charge is 0.354 e. The lowest BCUT2D eigenvalue weighted by molar-refractivity contribution is -0.139. The molecule has 0 saturated carbocycles. The minimum Gasteiger partial charge on any atom is -0.461 e. The van der Waals surface area contributed by atoms with Crippen LogP contribution in [-0.2, 0) is 9.53 Å². The van der Waals surface area contributed by atoms with Gasteiger partial charge in [0.25, 0.3) is 0 Å². The number of ether oxygens (including phenoxy) is 1. The van der Waals surface area contributed by atoms with E-state index in [1.165, 1.54) is 0 Å². The summed E-state index contributed by atoms with van der Waals surface area (Å²) in [5.74, 6) is -0.570. The van der Waals surface area contributed by atoms with E-state index in [1.54, 1.807) is 32.0 Å². The number of carbonyl (C=O) groups is 2. The van der Waals surface area contributed by atoms with E-state index in [2.05, 4.69) is 10.6 Å². The fraction of sp³-hybridized carbons (Fsp3) is 0.286. The molecule has 112 valence electrons. The molecule has 0 fully saturated rings. The summed E-state index contributed by atoms with van der Waals surface area (Å²) in [5, 5.41) is 6.10. The van der Waals surface area contributed by atoms with E-state index < -0.39 is 18.0 Å². The molecule has 5 nitrogen and oxygen atoms in total. The van der Waals surface area contributed by atoms with Gasteiger partial charge in [-0.15, -0.1) is 0 Å². The molecular formula is C14H14Cl2N2O3. The Bertz CT molecular complexity index is 629. The molecule has 2 rings (SSSR count). The standard InChI is InChI=1S/C14H14Cl2N2O3/c1-3-21-13(19)12-7(2)11(17-14(20)18-12)9-5-4-8(15)6-10(9)16/h4-6,11H,3H2,1-2H3,(H2,17,18,20)/t11-/m1/s1. The number of urea groups is 1. The van der Waals surface area contributed by atoms with Crippen LogP contribution in [0.4, 0.5) is 4.79 Å². The molecule has 1 atom stereocenters. The Balaban J connectivity index is 2.44. The van der Waals surface area contributed by atoms with Crippen LogP contribution in [-0.4, -0.2) is 18.6 Å². The molecule has 7 heteroatoms. The van der Waals surface area contributed by atoms with E-state index in [1.807, 2.05) is 0 Å². The quantitative estimate of drug-likeness (QED) is 0.837. The number of esters is 1. The monoisotopic (exact) mass is 328 g/mol. The number of amides is 2. The van der Waals surface area contributed by atoms with E-state index >= 15 is 0 Å². The predicted octanol–water partition coefficient (Wildman–Crippen LogP) is 3.18. The maximum Gasteiger partial charge on any atom is 0.354 e. The van der Waals surface area contributed by atoms with E-state index in [9.17, 15) is 9.59 Å². The maximum absolute atomic E-state index is 11.9. The first kappa shape index (κ1) is 15.7. The minimum absolute atomic E-state index is 0.136. The summed E-state index contributed by atoms with van der Waals surface area (Å²) < 4.78 is 4.94. The van der Waals surface area contributed by atoms with Crippen LogP contribution in [0.1, 0.15) is 25.5 Å². The van der Waals surface area contributed by atoms with Crippen LogP contribution in [0.5, 0.6) is 0 Å². The summed E-state index contributed by atoms with van der Waals surface area (Å²) in [4.78, 5) is 23.6. The maximum atomic E-state index is 11.9. The largest absolute Gasteiger partial charge is 0.461 e. The molecule has 1 heterocycles. The van der Waals surface area contributed by atoms with Crippen molar-refractivity contribution >= 4 is 35.2 Å². The van der Waals surface area contributed by atoms with Crippen LogP contribution in [0.3, 0.4) is 0 Å². The number of benzene rings is 1. The molecule has 1 aromatic rings. The van der Waals surface area contributed by atoms with Gasteiger partial charge in [-0.1, -0.05) is 29.3 Å². The van der Waals surface area contributed by atoms with Crippen molar-refractivity contribution in [2.75, 3.05) is 6.61 Å². The van der Waals surface area contributed by atoms with Crippen LogP contribution in [0, 0.1) is 0 Å². The highest BCUT2D eigenvalue weighted by Crippen LogP contribution is 2.32. The van der Waals surface area contributed by atoms with Gasteiger partial charge in [-0.3, -0.25) is 0 Å². The summed E-state index contributed by atoms with van der Waals surface area (Å²) in [6, 6.07) is 3.98. The third-order valence-corrected chi connectivity index (χ3v) is 3.66. The second-order valence-corrected chi connectivity index (χ2v) is 5.32. The number of hydrogen-bond acceptors (Lipinski definition) is 3. The zero-order chi connectivity index (χ0) is 15.6. The van der Waals surface area contributed by atoms with Crippen LogP contribution < -0.4 is 10.6 Å². The van der Waals surface area contributed by atoms with Crippen molar-refractivity contribution in [2.24, 2.45) is 0 Å². The minimum atomic E-state index is -0.570. The van der Waals surface area contributed by atoms with Crippen molar-refractivity contribution < 1.29 is 14.3 Å². The van der Waals surface area contributed by atoms with Gasteiger partial charge in [0.1, 0.15) is 5.70 Å². The van der Waals surface area contributed by atoms with E-state index in [0.29, 0.717) is 21.2 Å². The number of nitrogens with one attached hydrogen (secondary N) is 2. The van der Waals surface area contributed by atoms with Crippen molar-refractivity contribution in [3.05, 3.63) is 45.1 Å². The van der Waals surface area contributed by atoms with Crippen LogP contribution >= 0.6 is 23.2 Å². The number of hydrogen-bond donors (Lipinski definition) is 2. The van der Waals surface area contributed by atoms with Crippen LogP contribution in [0.15, 0.2) is 29.5 Å². The first-order valence-corrected chi connectivity index (χ1v) is 7.10. The van der Waals surface area contributed by atoms with Crippen molar-refractivity contribution in [3.8, 4) is 0 Å². The molecule has 2 N–H and O–H groups in total. The fourth-order valence-electron chi connectivity index (χ4n) is 2.09. The van der Waals surface area contributed by atoms with Crippen molar-refractivity contribution in [1.29, 1.82) is 0 Å². The molecular weight excluding hydrogens is 315 g/mol. The molecule has 1 aromatic carbocycles. The highest BCUT2D eigenvalue weighted by molar-refractivity contribution is 6.35. The Morgan fingerprint density at radius 3 is 2.71 bits per heavy atom. The van der Waals surface area contributed by atoms with Gasteiger partial charge in [0.05, 0.1) is 12.6 Å². The van der Waals surface area contributed by atoms with Crippen molar-refractivity contribution in [1.82, 2.24) is 10.6 Å². The number of carbonyl (C=O) groups excluding carboxylic acids is 2. The molecule has 0 bridgehead atoms. The van der Waals surface area contributed by atoms with Gasteiger partial charge in [0.15, 0.2) is 0 Å². The van der Waals surface area contributed by atoms with Gasteiger partial charge in [-0.25, -0.2) is 9.59 Å². The molecule has 0 saturated heterocycles. The van der Waals surface area contributed by atoms with Gasteiger partial charge in [-0.05, 0) is 37.1 Å². The highest BCUT2D eigenvalue weighted by atomic mass is 35.5. The summed E-state index contributed by atoms with van der Waals surface area (Å²) in [5.41, 5.74) is 1.42. The van der Waals surface area contributed by atoms with Gasteiger partial charge >= 0.3 is 12.0 Å². The molecule has 0 aromatic heterocycles. The topological polar surface area (TPSA) is 67.4 Å². The van der Waals surface area contributed by atoms with E-state index in [4.69, 9.17) is 27.9 Å². The number of halogens is 2. The number of rotatable bonds is 3. The molecule has 0 aliphatic carbocycles. The summed E-state index contributed by atoms with van der Waals surface area (Å²) >= 11 is 12.0. The molecule has 2 amide bonds. The lowest BCUT2D eigenvalue weighted by Crippen LogP contribution is -2.45. The Morgan fingerprint density at radius 2 is 2.10 bits per heavy atom. The predicted molar refractivity (Wildman–Crippen MR) is 80.2 cm³/mol. The SMILES string of the molecule is CCOC(=O)C1=C(C)[C@H](c2ccc(Cl)cc2Cl)NC(=O)N1. The Labute approximate surface area is 132 Å². The Morgan fingerprint density at radius 1 is 1.38 bits per heavy atom. The summed E-state index contributed by atoms with van der Waals surface area (Å²) in [6.45, 7) is 3.66. The highest BCUT2D eigenvalue weighted by Gasteiger charge is 2.30. The summed E-state index contributed by atoms with van der Waals surface area (Å²) in [7, 11) is 0. The molecule has 1 aliphatic rings. The van der Waals surface area contributed by atoms with Gasteiger partial charge in [-0.2, -0.15) is 0 Å². The first-order chi connectivity index (χ1) is 9.93. The summed E-state index contributed by atoms with van der Waals surface area (Å²) in [6.07, 6.45) is 0. The third-order valence-electron chi connectivity index (χ3n) is 3.09. The molecule has 0 unspecified atom stereocenters. The average molecular weight is 329 g/mol. The molecule has 0 radical (unpaired) electrons. The van der Waals surface area contributed by atoms with E-state index in [-0.39, 0.29) is 12.3 Å². The second kappa shape index (κ2) is 6.37.